The molecule has 7 nitrogen and oxygen atoms in total. The molecule has 0 radical (unpaired) electrons. The molecule has 10 heteroatoms. The van der Waals surface area contributed by atoms with Crippen LogP contribution in [0.1, 0.15) is 31.0 Å². The summed E-state index contributed by atoms with van der Waals surface area (Å²) >= 11 is 11.3. The number of halogens is 2. The molecule has 1 N–H and O–H groups in total. The minimum Gasteiger partial charge on any atom is -0.494 e. The van der Waals surface area contributed by atoms with Gasteiger partial charge in [-0.2, -0.15) is 4.98 Å². The van der Waals surface area contributed by atoms with E-state index in [1.54, 1.807) is 4.68 Å². The molecule has 35 heavy (non-hydrogen) atoms. The van der Waals surface area contributed by atoms with Gasteiger partial charge in [-0.05, 0) is 43.7 Å². The van der Waals surface area contributed by atoms with E-state index in [1.807, 2.05) is 56.3 Å². The van der Waals surface area contributed by atoms with Crippen molar-refractivity contribution in [2.24, 2.45) is 0 Å². The summed E-state index contributed by atoms with van der Waals surface area (Å²) in [5.41, 5.74) is 2.81. The zero-order chi connectivity index (χ0) is 24.9. The number of hydrogen-bond acceptors (Lipinski definition) is 7. The smallest absolute Gasteiger partial charge is 0.338 e. The summed E-state index contributed by atoms with van der Waals surface area (Å²) in [5.74, 6) is 1.32. The number of ether oxygens (including phenoxy) is 2. The van der Waals surface area contributed by atoms with Gasteiger partial charge in [0.1, 0.15) is 18.4 Å². The quantitative estimate of drug-likeness (QED) is 0.180. The summed E-state index contributed by atoms with van der Waals surface area (Å²) in [7, 11) is 0. The maximum atomic E-state index is 13.2. The van der Waals surface area contributed by atoms with Crippen LogP contribution in [-0.4, -0.2) is 33.9 Å². The Kier molecular flexibility index (Phi) is 8.20. The van der Waals surface area contributed by atoms with Crippen molar-refractivity contribution in [1.29, 1.82) is 0 Å². The molecule has 3 aromatic rings. The van der Waals surface area contributed by atoms with Crippen LogP contribution in [0.25, 0.3) is 0 Å². The van der Waals surface area contributed by atoms with Crippen molar-refractivity contribution >= 4 is 51.2 Å². The third-order valence-corrected chi connectivity index (χ3v) is 7.01. The lowest BCUT2D eigenvalue weighted by atomic mass is 9.95. The van der Waals surface area contributed by atoms with Crippen molar-refractivity contribution in [3.8, 4) is 5.75 Å². The van der Waals surface area contributed by atoms with Gasteiger partial charge in [0.05, 0.1) is 12.2 Å². The second-order valence-corrected chi connectivity index (χ2v) is 9.88. The third-order valence-electron chi connectivity index (χ3n) is 5.27. The Balaban J connectivity index is 1.77. The van der Waals surface area contributed by atoms with Crippen LogP contribution in [0.4, 0.5) is 5.95 Å². The zero-order valence-electron chi connectivity index (χ0n) is 19.3. The number of nitrogens with one attached hydrogen (secondary N) is 1. The summed E-state index contributed by atoms with van der Waals surface area (Å²) in [6, 6.07) is 12.8. The van der Waals surface area contributed by atoms with Crippen molar-refractivity contribution < 1.29 is 14.3 Å². The van der Waals surface area contributed by atoms with Crippen molar-refractivity contribution in [2.45, 2.75) is 30.8 Å². The second kappa shape index (κ2) is 11.3. The third kappa shape index (κ3) is 5.58. The molecule has 1 atom stereocenters. The molecule has 1 aromatic heterocycles. The average Bonchev–Trinajstić information content (AvgIpc) is 3.24. The van der Waals surface area contributed by atoms with Gasteiger partial charge in [-0.15, -0.1) is 5.10 Å². The Morgan fingerprint density at radius 2 is 2.14 bits per heavy atom. The van der Waals surface area contributed by atoms with E-state index >= 15 is 0 Å². The number of carbonyl (C=O) groups excluding carboxylic acids is 1. The number of thioether (sulfide) groups is 1. The Labute approximate surface area is 221 Å². The van der Waals surface area contributed by atoms with E-state index in [2.05, 4.69) is 32.8 Å². The Morgan fingerprint density at radius 3 is 2.89 bits per heavy atom. The Bertz CT molecular complexity index is 1290. The standard InChI is InChI=1S/C25H24BrClN4O3S/c1-4-12-34-23(32)21-15(3)28-24-29-25(35-14-16-8-6-7-9-19(16)27)30-31(24)22(21)18-13-17(26)10-11-20(18)33-5-2/h4,6-11,13,22H,1,5,12,14H2,2-3H3,(H,28,29,30). The van der Waals surface area contributed by atoms with Crippen LogP contribution < -0.4 is 10.1 Å². The van der Waals surface area contributed by atoms with Crippen molar-refractivity contribution in [3.05, 3.63) is 87.0 Å². The molecule has 2 heterocycles. The molecule has 0 bridgehead atoms. The van der Waals surface area contributed by atoms with E-state index in [4.69, 9.17) is 26.2 Å². The maximum absolute atomic E-state index is 13.2. The second-order valence-electron chi connectivity index (χ2n) is 7.61. The van der Waals surface area contributed by atoms with E-state index in [1.165, 1.54) is 17.8 Å². The molecule has 0 spiro atoms. The minimum absolute atomic E-state index is 0.0995. The first-order valence-electron chi connectivity index (χ1n) is 10.9. The number of allylic oxidation sites excluding steroid dienone is 1. The molecule has 1 aliphatic heterocycles. The number of anilines is 1. The first-order chi connectivity index (χ1) is 16.9. The molecule has 2 aromatic carbocycles. The lowest BCUT2D eigenvalue weighted by Crippen LogP contribution is -2.30. The highest BCUT2D eigenvalue weighted by molar-refractivity contribution is 9.10. The average molecular weight is 576 g/mol. The lowest BCUT2D eigenvalue weighted by Gasteiger charge is -2.29. The predicted octanol–water partition coefficient (Wildman–Crippen LogP) is 6.40. The van der Waals surface area contributed by atoms with Crippen LogP contribution in [-0.2, 0) is 15.3 Å². The number of rotatable bonds is 9. The summed E-state index contributed by atoms with van der Waals surface area (Å²) in [6.07, 6.45) is 1.54. The summed E-state index contributed by atoms with van der Waals surface area (Å²) < 4.78 is 13.9. The number of benzene rings is 2. The first kappa shape index (κ1) is 25.3. The fraction of sp³-hybridized carbons (Fsp3) is 0.240. The summed E-state index contributed by atoms with van der Waals surface area (Å²) in [6.45, 7) is 7.95. The number of nitrogens with zero attached hydrogens (tertiary/aromatic N) is 3. The SMILES string of the molecule is C=CCOC(=O)C1=C(C)Nc2nc(SCc3ccccc3Cl)nn2C1c1cc(Br)ccc1OCC. The molecule has 1 unspecified atom stereocenters. The van der Waals surface area contributed by atoms with Gasteiger partial charge in [0.15, 0.2) is 0 Å². The fourth-order valence-corrected chi connectivity index (χ4v) is 5.23. The van der Waals surface area contributed by atoms with Crippen LogP contribution in [0.2, 0.25) is 5.02 Å². The number of carbonyl (C=O) groups is 1. The molecule has 0 saturated carbocycles. The van der Waals surface area contributed by atoms with Gasteiger partial charge >= 0.3 is 5.97 Å². The van der Waals surface area contributed by atoms with Crippen molar-refractivity contribution in [3.63, 3.8) is 0 Å². The topological polar surface area (TPSA) is 78.3 Å². The number of hydrogen-bond donors (Lipinski definition) is 1. The molecular formula is C25H24BrClN4O3S. The van der Waals surface area contributed by atoms with Gasteiger partial charge in [-0.1, -0.05) is 70.1 Å². The monoisotopic (exact) mass is 574 g/mol. The molecular weight excluding hydrogens is 552 g/mol. The first-order valence-corrected chi connectivity index (χ1v) is 13.1. The van der Waals surface area contributed by atoms with Gasteiger partial charge in [-0.25, -0.2) is 9.48 Å². The molecule has 182 valence electrons. The van der Waals surface area contributed by atoms with Gasteiger partial charge < -0.3 is 14.8 Å². The number of esters is 1. The van der Waals surface area contributed by atoms with Crippen LogP contribution in [0.15, 0.2) is 76.0 Å². The summed E-state index contributed by atoms with van der Waals surface area (Å²) in [4.78, 5) is 17.8. The van der Waals surface area contributed by atoms with E-state index in [-0.39, 0.29) is 6.61 Å². The Morgan fingerprint density at radius 1 is 1.34 bits per heavy atom. The summed E-state index contributed by atoms with van der Waals surface area (Å²) in [5, 5.41) is 9.22. The molecule has 1 aliphatic rings. The van der Waals surface area contributed by atoms with E-state index in [0.29, 0.717) is 45.5 Å². The molecule has 4 rings (SSSR count). The van der Waals surface area contributed by atoms with Crippen LogP contribution in [0.3, 0.4) is 0 Å². The molecule has 0 fully saturated rings. The van der Waals surface area contributed by atoms with E-state index < -0.39 is 12.0 Å². The van der Waals surface area contributed by atoms with Crippen molar-refractivity contribution in [2.75, 3.05) is 18.5 Å². The maximum Gasteiger partial charge on any atom is 0.338 e. The molecule has 0 amide bonds. The van der Waals surface area contributed by atoms with Crippen LogP contribution in [0.5, 0.6) is 5.75 Å². The molecule has 0 aliphatic carbocycles. The zero-order valence-corrected chi connectivity index (χ0v) is 22.4. The molecule has 0 saturated heterocycles. The van der Waals surface area contributed by atoms with Gasteiger partial charge in [0.2, 0.25) is 11.1 Å². The Hall–Kier alpha value is -2.75. The van der Waals surface area contributed by atoms with Crippen molar-refractivity contribution in [1.82, 2.24) is 14.8 Å². The number of aromatic nitrogens is 3. The highest BCUT2D eigenvalue weighted by Crippen LogP contribution is 2.41. The highest BCUT2D eigenvalue weighted by Gasteiger charge is 2.37. The highest BCUT2D eigenvalue weighted by atomic mass is 79.9. The van der Waals surface area contributed by atoms with Gasteiger partial charge in [0.25, 0.3) is 0 Å². The van der Waals surface area contributed by atoms with E-state index in [9.17, 15) is 4.79 Å². The normalized spacial score (nSPS) is 14.8. The largest absolute Gasteiger partial charge is 0.494 e. The predicted molar refractivity (Wildman–Crippen MR) is 142 cm³/mol. The van der Waals surface area contributed by atoms with Crippen LogP contribution >= 0.6 is 39.3 Å². The fourth-order valence-electron chi connectivity index (χ4n) is 3.73. The minimum atomic E-state index is -0.607. The van der Waals surface area contributed by atoms with Gasteiger partial charge in [0, 0.05) is 26.5 Å². The van der Waals surface area contributed by atoms with Gasteiger partial charge in [-0.3, -0.25) is 0 Å². The number of fused-ring (bicyclic) bond motifs is 1. The van der Waals surface area contributed by atoms with Crippen LogP contribution in [0, 0.1) is 0 Å². The lowest BCUT2D eigenvalue weighted by molar-refractivity contribution is -0.138. The van der Waals surface area contributed by atoms with E-state index in [0.717, 1.165) is 15.6 Å².